The van der Waals surface area contributed by atoms with Gasteiger partial charge in [-0.1, -0.05) is 30.1 Å². The number of carbonyl (C=O) groups excluding carboxylic acids is 1. The first-order chi connectivity index (χ1) is 13.7. The van der Waals surface area contributed by atoms with Crippen molar-refractivity contribution in [2.24, 2.45) is 0 Å². The van der Waals surface area contributed by atoms with Gasteiger partial charge in [0.25, 0.3) is 11.8 Å². The van der Waals surface area contributed by atoms with E-state index in [-0.39, 0.29) is 5.91 Å². The van der Waals surface area contributed by atoms with Crippen LogP contribution >= 0.6 is 0 Å². The maximum Gasteiger partial charge on any atom is 0.257 e. The number of aromatic nitrogens is 2. The maximum absolute atomic E-state index is 12.8. The SMILES string of the molecule is Cc1noc(-c2ccc(C(=O)Nc3ccccc3N3CCCCCC3)cc2)n1. The van der Waals surface area contributed by atoms with Gasteiger partial charge in [0.15, 0.2) is 5.82 Å². The Hall–Kier alpha value is -3.15. The summed E-state index contributed by atoms with van der Waals surface area (Å²) in [5, 5.41) is 6.87. The van der Waals surface area contributed by atoms with Gasteiger partial charge in [-0.3, -0.25) is 4.79 Å². The van der Waals surface area contributed by atoms with Gasteiger partial charge in [0.1, 0.15) is 0 Å². The van der Waals surface area contributed by atoms with Crippen LogP contribution in [0, 0.1) is 6.92 Å². The monoisotopic (exact) mass is 376 g/mol. The fourth-order valence-corrected chi connectivity index (χ4v) is 3.54. The quantitative estimate of drug-likeness (QED) is 0.716. The van der Waals surface area contributed by atoms with Crippen LogP contribution in [0.2, 0.25) is 0 Å². The molecule has 0 saturated carbocycles. The number of aryl methyl sites for hydroxylation is 1. The summed E-state index contributed by atoms with van der Waals surface area (Å²) in [7, 11) is 0. The first kappa shape index (κ1) is 18.2. The molecule has 0 unspecified atom stereocenters. The summed E-state index contributed by atoms with van der Waals surface area (Å²) >= 11 is 0. The molecule has 1 aliphatic rings. The zero-order valence-electron chi connectivity index (χ0n) is 16.0. The number of amides is 1. The summed E-state index contributed by atoms with van der Waals surface area (Å²) in [4.78, 5) is 19.4. The van der Waals surface area contributed by atoms with E-state index in [0.717, 1.165) is 30.0 Å². The van der Waals surface area contributed by atoms with Crippen LogP contribution < -0.4 is 10.2 Å². The predicted molar refractivity (Wildman–Crippen MR) is 110 cm³/mol. The average molecular weight is 376 g/mol. The first-order valence-corrected chi connectivity index (χ1v) is 9.77. The maximum atomic E-state index is 12.8. The summed E-state index contributed by atoms with van der Waals surface area (Å²) < 4.78 is 5.17. The molecule has 6 nitrogen and oxygen atoms in total. The summed E-state index contributed by atoms with van der Waals surface area (Å²) in [6.07, 6.45) is 4.94. The molecule has 3 aromatic rings. The van der Waals surface area contributed by atoms with Gasteiger partial charge in [0.05, 0.1) is 11.4 Å². The van der Waals surface area contributed by atoms with E-state index in [1.807, 2.05) is 30.3 Å². The van der Waals surface area contributed by atoms with Crippen molar-refractivity contribution in [3.8, 4) is 11.5 Å². The predicted octanol–water partition coefficient (Wildman–Crippen LogP) is 4.68. The van der Waals surface area contributed by atoms with E-state index < -0.39 is 0 Å². The Labute approximate surface area is 164 Å². The van der Waals surface area contributed by atoms with Gasteiger partial charge in [-0.25, -0.2) is 0 Å². The van der Waals surface area contributed by atoms with Crippen molar-refractivity contribution >= 4 is 17.3 Å². The number of benzene rings is 2. The van der Waals surface area contributed by atoms with Crippen LogP contribution in [0.5, 0.6) is 0 Å². The fourth-order valence-electron chi connectivity index (χ4n) is 3.54. The van der Waals surface area contributed by atoms with E-state index in [4.69, 9.17) is 4.52 Å². The van der Waals surface area contributed by atoms with Gasteiger partial charge >= 0.3 is 0 Å². The second-order valence-electron chi connectivity index (χ2n) is 7.10. The number of para-hydroxylation sites is 2. The molecule has 4 rings (SSSR count). The topological polar surface area (TPSA) is 71.3 Å². The van der Waals surface area contributed by atoms with Crippen molar-refractivity contribution in [1.82, 2.24) is 10.1 Å². The Bertz CT molecular complexity index is 941. The molecule has 0 atom stereocenters. The van der Waals surface area contributed by atoms with Crippen LogP contribution in [0.3, 0.4) is 0 Å². The van der Waals surface area contributed by atoms with Gasteiger partial charge in [0.2, 0.25) is 0 Å². The van der Waals surface area contributed by atoms with E-state index >= 15 is 0 Å². The third-order valence-corrected chi connectivity index (χ3v) is 5.02. The Kier molecular flexibility index (Phi) is 5.37. The van der Waals surface area contributed by atoms with E-state index in [9.17, 15) is 4.79 Å². The van der Waals surface area contributed by atoms with Crippen LogP contribution in [0.1, 0.15) is 41.9 Å². The molecule has 0 aliphatic carbocycles. The van der Waals surface area contributed by atoms with Crippen LogP contribution in [-0.2, 0) is 0 Å². The molecule has 6 heteroatoms. The molecule has 0 radical (unpaired) electrons. The van der Waals surface area contributed by atoms with E-state index in [1.54, 1.807) is 19.1 Å². The van der Waals surface area contributed by atoms with Crippen LogP contribution in [0.25, 0.3) is 11.5 Å². The van der Waals surface area contributed by atoms with E-state index in [0.29, 0.717) is 17.3 Å². The molecule has 1 amide bonds. The van der Waals surface area contributed by atoms with Crippen molar-refractivity contribution in [2.45, 2.75) is 32.6 Å². The highest BCUT2D eigenvalue weighted by atomic mass is 16.5. The van der Waals surface area contributed by atoms with Crippen LogP contribution in [0.15, 0.2) is 53.1 Å². The zero-order valence-corrected chi connectivity index (χ0v) is 16.0. The lowest BCUT2D eigenvalue weighted by Crippen LogP contribution is -2.25. The van der Waals surface area contributed by atoms with Gasteiger partial charge < -0.3 is 14.7 Å². The highest BCUT2D eigenvalue weighted by Crippen LogP contribution is 2.28. The largest absolute Gasteiger partial charge is 0.370 e. The minimum atomic E-state index is -0.129. The molecular weight excluding hydrogens is 352 g/mol. The van der Waals surface area contributed by atoms with Gasteiger partial charge in [-0.05, 0) is 56.2 Å². The molecule has 2 aromatic carbocycles. The molecule has 1 aliphatic heterocycles. The third kappa shape index (κ3) is 4.06. The fraction of sp³-hybridized carbons (Fsp3) is 0.318. The summed E-state index contributed by atoms with van der Waals surface area (Å²) in [6.45, 7) is 3.84. The number of hydrogen-bond donors (Lipinski definition) is 1. The summed E-state index contributed by atoms with van der Waals surface area (Å²) in [5.74, 6) is 0.911. The molecule has 1 N–H and O–H groups in total. The van der Waals surface area contributed by atoms with E-state index in [1.165, 1.54) is 25.7 Å². The molecule has 2 heterocycles. The normalized spacial score (nSPS) is 14.5. The highest BCUT2D eigenvalue weighted by Gasteiger charge is 2.16. The minimum Gasteiger partial charge on any atom is -0.370 e. The van der Waals surface area contributed by atoms with Crippen molar-refractivity contribution in [1.29, 1.82) is 0 Å². The van der Waals surface area contributed by atoms with Crippen molar-refractivity contribution in [3.63, 3.8) is 0 Å². The molecule has 28 heavy (non-hydrogen) atoms. The first-order valence-electron chi connectivity index (χ1n) is 9.77. The van der Waals surface area contributed by atoms with Gasteiger partial charge in [-0.15, -0.1) is 0 Å². The Morgan fingerprint density at radius 3 is 2.39 bits per heavy atom. The van der Waals surface area contributed by atoms with Crippen LogP contribution in [0.4, 0.5) is 11.4 Å². The van der Waals surface area contributed by atoms with Gasteiger partial charge in [0, 0.05) is 24.2 Å². The number of rotatable bonds is 4. The Balaban J connectivity index is 1.51. The molecular formula is C22H24N4O2. The van der Waals surface area contributed by atoms with Crippen molar-refractivity contribution in [2.75, 3.05) is 23.3 Å². The molecule has 1 aromatic heterocycles. The molecule has 1 fully saturated rings. The average Bonchev–Trinajstić information content (AvgIpc) is 2.98. The minimum absolute atomic E-state index is 0.129. The molecule has 144 valence electrons. The smallest absolute Gasteiger partial charge is 0.257 e. The molecule has 0 bridgehead atoms. The molecule has 0 spiro atoms. The number of hydrogen-bond acceptors (Lipinski definition) is 5. The van der Waals surface area contributed by atoms with Crippen LogP contribution in [-0.4, -0.2) is 29.1 Å². The highest BCUT2D eigenvalue weighted by molar-refractivity contribution is 6.06. The summed E-state index contributed by atoms with van der Waals surface area (Å²) in [5.41, 5.74) is 3.33. The Morgan fingerprint density at radius 1 is 1.00 bits per heavy atom. The number of nitrogens with one attached hydrogen (secondary N) is 1. The Morgan fingerprint density at radius 2 is 1.71 bits per heavy atom. The second-order valence-corrected chi connectivity index (χ2v) is 7.10. The third-order valence-electron chi connectivity index (χ3n) is 5.02. The summed E-state index contributed by atoms with van der Waals surface area (Å²) in [6, 6.07) is 15.2. The second kappa shape index (κ2) is 8.25. The number of nitrogens with zero attached hydrogens (tertiary/aromatic N) is 3. The van der Waals surface area contributed by atoms with Crippen molar-refractivity contribution in [3.05, 3.63) is 59.9 Å². The van der Waals surface area contributed by atoms with Gasteiger partial charge in [-0.2, -0.15) is 4.98 Å². The van der Waals surface area contributed by atoms with Crippen molar-refractivity contribution < 1.29 is 9.32 Å². The van der Waals surface area contributed by atoms with E-state index in [2.05, 4.69) is 26.4 Å². The lowest BCUT2D eigenvalue weighted by molar-refractivity contribution is 0.102. The number of anilines is 2. The standard InChI is InChI=1S/C22H24N4O2/c1-16-23-22(28-25-16)18-12-10-17(11-13-18)21(27)24-19-8-4-5-9-20(19)26-14-6-2-3-7-15-26/h4-5,8-13H,2-3,6-7,14-15H2,1H3,(H,24,27). The lowest BCUT2D eigenvalue weighted by Gasteiger charge is -2.25. The molecule has 1 saturated heterocycles. The lowest BCUT2D eigenvalue weighted by atomic mass is 10.1. The zero-order chi connectivity index (χ0) is 19.3. The number of carbonyl (C=O) groups is 1.